The molecule has 0 aliphatic rings. The summed E-state index contributed by atoms with van der Waals surface area (Å²) in [5, 5.41) is 31.7. The summed E-state index contributed by atoms with van der Waals surface area (Å²) in [5.41, 5.74) is 2.67. The first-order valence-electron chi connectivity index (χ1n) is 32.8. The van der Waals surface area contributed by atoms with E-state index in [0.717, 1.165) is 35.1 Å². The fourth-order valence-corrected chi connectivity index (χ4v) is 11.5. The van der Waals surface area contributed by atoms with Crippen LogP contribution in [0, 0.1) is 47.3 Å². The van der Waals surface area contributed by atoms with Crippen LogP contribution in [0.4, 0.5) is 9.59 Å². The molecule has 0 saturated carbocycles. The molecule has 0 fully saturated rings. The Labute approximate surface area is 536 Å². The van der Waals surface area contributed by atoms with Gasteiger partial charge in [-0.15, -0.1) is 0 Å². The number of carbonyl (C=O) groups is 2. The molecule has 0 aromatic heterocycles. The molecule has 0 aliphatic carbocycles. The number of hydrogen-bond donors (Lipinski definition) is 4. The van der Waals surface area contributed by atoms with Crippen molar-refractivity contribution in [2.75, 3.05) is 54.9 Å². The summed E-state index contributed by atoms with van der Waals surface area (Å²) in [6.45, 7) is 30.7. The Morgan fingerprint density at radius 1 is 0.438 bits per heavy atom. The van der Waals surface area contributed by atoms with Gasteiger partial charge in [0, 0.05) is 40.3 Å². The number of amides is 2. The van der Waals surface area contributed by atoms with Crippen LogP contribution < -0.4 is 29.6 Å². The van der Waals surface area contributed by atoms with Gasteiger partial charge < -0.3 is 63.5 Å². The first kappa shape index (κ1) is 75.9. The molecule has 4 rings (SSSR count). The minimum atomic E-state index is -0.934. The van der Waals surface area contributed by atoms with Crippen molar-refractivity contribution in [1.82, 2.24) is 10.6 Å². The van der Waals surface area contributed by atoms with Crippen molar-refractivity contribution in [2.45, 2.75) is 209 Å². The fourth-order valence-electron chi connectivity index (χ4n) is 11.5. The quantitative estimate of drug-likeness (QED) is 0.0309. The smallest absolute Gasteiger partial charge is 0.407 e. The minimum Gasteiger partial charge on any atom is -0.493 e. The second-order valence-electron chi connectivity index (χ2n) is 27.8. The fraction of sp³-hybridized carbons (Fsp3) is 0.649. The minimum absolute atomic E-state index is 0.0549. The molecule has 0 bridgehead atoms. The molecule has 0 saturated heterocycles. The van der Waals surface area contributed by atoms with Gasteiger partial charge in [-0.1, -0.05) is 128 Å². The van der Waals surface area contributed by atoms with E-state index >= 15 is 0 Å². The number of rotatable bonds is 40. The maximum atomic E-state index is 13.8. The van der Waals surface area contributed by atoms with Crippen LogP contribution in [0.3, 0.4) is 0 Å². The number of aliphatic hydroxyl groups excluding tert-OH is 2. The van der Waals surface area contributed by atoms with Crippen molar-refractivity contribution < 1.29 is 62.4 Å². The molecule has 15 heteroatoms. The number of nitrogens with one attached hydrogen (secondary N) is 2. The van der Waals surface area contributed by atoms with Crippen LogP contribution in [0.15, 0.2) is 97.1 Å². The Kier molecular flexibility index (Phi) is 32.7. The van der Waals surface area contributed by atoms with Gasteiger partial charge in [-0.3, -0.25) is 0 Å². The van der Waals surface area contributed by atoms with Crippen LogP contribution >= 0.6 is 0 Å². The summed E-state index contributed by atoms with van der Waals surface area (Å²) in [6.07, 6.45) is 1.96. The van der Waals surface area contributed by atoms with Crippen molar-refractivity contribution in [3.05, 3.63) is 119 Å². The molecular formula is C74H116N2O13. The lowest BCUT2D eigenvalue weighted by Gasteiger charge is -2.36. The summed E-state index contributed by atoms with van der Waals surface area (Å²) in [7, 11) is 6.63. The molecule has 4 N–H and O–H groups in total. The lowest BCUT2D eigenvalue weighted by Crippen LogP contribution is -2.48. The monoisotopic (exact) mass is 1240 g/mol. The average Bonchev–Trinajstić information content (AvgIpc) is 3.67. The van der Waals surface area contributed by atoms with Gasteiger partial charge in [0.1, 0.15) is 11.2 Å². The van der Waals surface area contributed by atoms with Crippen molar-refractivity contribution in [2.24, 2.45) is 47.3 Å². The summed E-state index contributed by atoms with van der Waals surface area (Å²) < 4.78 is 53.5. The first-order valence-corrected chi connectivity index (χ1v) is 32.8. The second kappa shape index (κ2) is 38.3. The Balaban J connectivity index is 1.69. The highest BCUT2D eigenvalue weighted by Gasteiger charge is 2.36. The predicted molar refractivity (Wildman–Crippen MR) is 356 cm³/mol. The van der Waals surface area contributed by atoms with Crippen molar-refractivity contribution in [3.8, 4) is 23.0 Å². The Hall–Kier alpha value is -5.58. The third kappa shape index (κ3) is 27.8. The van der Waals surface area contributed by atoms with E-state index in [2.05, 4.69) is 102 Å². The number of alkyl carbamates (subject to hydrolysis) is 2. The van der Waals surface area contributed by atoms with Crippen LogP contribution in [0.25, 0.3) is 0 Å². The van der Waals surface area contributed by atoms with E-state index in [9.17, 15) is 19.8 Å². The zero-order chi connectivity index (χ0) is 65.8. The average molecular weight is 1240 g/mol. The maximum Gasteiger partial charge on any atom is 0.407 e. The van der Waals surface area contributed by atoms with E-state index in [0.29, 0.717) is 101 Å². The highest BCUT2D eigenvalue weighted by Crippen LogP contribution is 2.42. The highest BCUT2D eigenvalue weighted by molar-refractivity contribution is 5.68. The molecule has 4 unspecified atom stereocenters. The normalized spacial score (nSPS) is 15.6. The van der Waals surface area contributed by atoms with E-state index in [-0.39, 0.29) is 47.3 Å². The van der Waals surface area contributed by atoms with Crippen LogP contribution in [-0.4, -0.2) is 113 Å². The topological polar surface area (TPSA) is 182 Å². The van der Waals surface area contributed by atoms with E-state index < -0.39 is 59.9 Å². The highest BCUT2D eigenvalue weighted by atomic mass is 16.6. The van der Waals surface area contributed by atoms with Gasteiger partial charge in [0.05, 0.1) is 63.9 Å². The predicted octanol–water partition coefficient (Wildman–Crippen LogP) is 15.8. The van der Waals surface area contributed by atoms with Crippen LogP contribution in [0.5, 0.6) is 23.0 Å². The molecule has 0 heterocycles. The largest absolute Gasteiger partial charge is 0.493 e. The van der Waals surface area contributed by atoms with Gasteiger partial charge >= 0.3 is 12.2 Å². The Morgan fingerprint density at radius 2 is 0.787 bits per heavy atom. The number of hydrogen-bond acceptors (Lipinski definition) is 13. The lowest BCUT2D eigenvalue weighted by molar-refractivity contribution is -0.0535. The first-order chi connectivity index (χ1) is 42.1. The summed E-state index contributed by atoms with van der Waals surface area (Å²) in [4.78, 5) is 27.6. The number of benzene rings is 4. The number of carbonyl (C=O) groups excluding carboxylic acids is 2. The van der Waals surface area contributed by atoms with Gasteiger partial charge in [0.2, 0.25) is 0 Å². The summed E-state index contributed by atoms with van der Waals surface area (Å²) in [5.74, 6) is 3.27. The van der Waals surface area contributed by atoms with Crippen molar-refractivity contribution in [1.29, 1.82) is 0 Å². The number of methoxy groups -OCH3 is 4. The molecule has 0 aliphatic heterocycles. The molecule has 2 amide bonds. The van der Waals surface area contributed by atoms with Gasteiger partial charge in [-0.2, -0.15) is 0 Å². The van der Waals surface area contributed by atoms with Gasteiger partial charge in [0.15, 0.2) is 23.0 Å². The van der Waals surface area contributed by atoms with Gasteiger partial charge in [-0.25, -0.2) is 9.59 Å². The molecule has 0 spiro atoms. The van der Waals surface area contributed by atoms with Gasteiger partial charge in [0.25, 0.3) is 0 Å². The van der Waals surface area contributed by atoms with E-state index in [1.165, 1.54) is 0 Å². The van der Waals surface area contributed by atoms with Crippen LogP contribution in [0.2, 0.25) is 0 Å². The zero-order valence-corrected chi connectivity index (χ0v) is 57.6. The lowest BCUT2D eigenvalue weighted by atomic mass is 9.78. The van der Waals surface area contributed by atoms with Crippen LogP contribution in [-0.2, 0) is 36.5 Å². The molecule has 4 aromatic rings. The van der Waals surface area contributed by atoms with E-state index in [1.807, 2.05) is 102 Å². The second-order valence-corrected chi connectivity index (χ2v) is 27.8. The molecule has 10 atom stereocenters. The zero-order valence-electron chi connectivity index (χ0n) is 57.6. The van der Waals surface area contributed by atoms with Crippen molar-refractivity contribution >= 4 is 12.2 Å². The van der Waals surface area contributed by atoms with E-state index in [1.54, 1.807) is 28.4 Å². The number of ether oxygens (including phenoxy) is 9. The Bertz CT molecular complexity index is 2420. The molecular weight excluding hydrogens is 1120 g/mol. The third-order valence-electron chi connectivity index (χ3n) is 17.0. The van der Waals surface area contributed by atoms with E-state index in [4.69, 9.17) is 42.6 Å². The summed E-state index contributed by atoms with van der Waals surface area (Å²) in [6, 6.07) is 31.4. The van der Waals surface area contributed by atoms with Crippen molar-refractivity contribution in [3.63, 3.8) is 0 Å². The SMILES string of the molecule is COCCCOc1cc(C[C@@H](C[C@H](NC(=O)OC(C)(C)C)C(O)C[C@@H](CC(OC(C[C@H](CC(O)[C@H](C[C@H](Cc2ccc(OC)c(OCCCOC)c2)C(C)C)NC(=O)OC(C)(C)C)C(C)C)c2ccccc2)c2ccccc2)C(C)C)C(C)C)ccc1OC. The van der Waals surface area contributed by atoms with Crippen LogP contribution in [0.1, 0.15) is 183 Å². The molecule has 15 nitrogen and oxygen atoms in total. The summed E-state index contributed by atoms with van der Waals surface area (Å²) >= 11 is 0. The third-order valence-corrected chi connectivity index (χ3v) is 17.0. The maximum absolute atomic E-state index is 13.8. The van der Waals surface area contributed by atoms with Gasteiger partial charge in [-0.05, 0) is 187 Å². The molecule has 4 aromatic carbocycles. The standard InChI is InChI=1S/C74H116N2O13/c1-49(2)57(39-53-31-33-65(83-17)69(41-53)85-37-25-35-81-15)43-61(75-71(79)88-73(9,10)11)63(77)45-59(51(5)6)47-67(55-27-21-19-22-28-55)87-68(56-29-23-20-24-30-56)48-60(52(7)8)46-64(78)62(76-72(80)89-74(12,13)14)44-58(50(3)4)40-54-32-34-66(84-18)70(42-54)86-38-26-36-82-16/h19-24,27-34,41-42,49-52,57-64,67-68,77-78H,25-26,35-40,43-48H2,1-18H3,(H,75,79)(H,76,80)/t57-,58-,59-,60-,61-,62-,63?,64?,67?,68?/m0/s1. The molecule has 0 radical (unpaired) electrons. The number of aliphatic hydroxyl groups is 2. The molecule has 89 heavy (non-hydrogen) atoms. The molecule has 500 valence electrons. The Morgan fingerprint density at radius 3 is 1.09 bits per heavy atom.